The van der Waals surface area contributed by atoms with Gasteiger partial charge in [0.05, 0.1) is 5.60 Å². The van der Waals surface area contributed by atoms with Gasteiger partial charge in [0.25, 0.3) is 0 Å². The lowest BCUT2D eigenvalue weighted by Gasteiger charge is -2.38. The SMILES string of the molecule is CC(=O)Oc1ccccc1[C@]1(C)CCC[C@]1(C)O. The fourth-order valence-corrected chi connectivity index (χ4v) is 2.92. The minimum atomic E-state index is -0.761. The molecular formula is C15H20O3. The average molecular weight is 248 g/mol. The van der Waals surface area contributed by atoms with Crippen LogP contribution in [-0.4, -0.2) is 16.7 Å². The third-order valence-electron chi connectivity index (χ3n) is 4.26. The largest absolute Gasteiger partial charge is 0.426 e. The van der Waals surface area contributed by atoms with E-state index in [0.29, 0.717) is 5.75 Å². The van der Waals surface area contributed by atoms with Crippen LogP contribution < -0.4 is 4.74 Å². The highest BCUT2D eigenvalue weighted by atomic mass is 16.5. The number of carbonyl (C=O) groups is 1. The topological polar surface area (TPSA) is 46.5 Å². The molecular weight excluding hydrogens is 228 g/mol. The molecule has 1 N–H and O–H groups in total. The molecule has 0 aromatic heterocycles. The second kappa shape index (κ2) is 4.39. The zero-order valence-electron chi connectivity index (χ0n) is 11.2. The van der Waals surface area contributed by atoms with Gasteiger partial charge in [-0.3, -0.25) is 4.79 Å². The number of ether oxygens (including phenoxy) is 1. The van der Waals surface area contributed by atoms with Crippen LogP contribution in [0.4, 0.5) is 0 Å². The van der Waals surface area contributed by atoms with Crippen molar-refractivity contribution in [3.63, 3.8) is 0 Å². The minimum Gasteiger partial charge on any atom is -0.426 e. The molecule has 3 nitrogen and oxygen atoms in total. The molecule has 0 bridgehead atoms. The Morgan fingerprint density at radius 3 is 2.50 bits per heavy atom. The van der Waals surface area contributed by atoms with Crippen LogP contribution in [0.3, 0.4) is 0 Å². The number of carbonyl (C=O) groups excluding carboxylic acids is 1. The van der Waals surface area contributed by atoms with E-state index in [9.17, 15) is 9.90 Å². The Morgan fingerprint density at radius 2 is 1.94 bits per heavy atom. The molecule has 98 valence electrons. The van der Waals surface area contributed by atoms with Gasteiger partial charge in [-0.05, 0) is 32.3 Å². The normalized spacial score (nSPS) is 31.3. The van der Waals surface area contributed by atoms with Crippen LogP contribution in [0.1, 0.15) is 45.6 Å². The summed E-state index contributed by atoms with van der Waals surface area (Å²) in [4.78, 5) is 11.2. The molecule has 0 amide bonds. The summed E-state index contributed by atoms with van der Waals surface area (Å²) in [6.45, 7) is 5.30. The van der Waals surface area contributed by atoms with Gasteiger partial charge in [-0.15, -0.1) is 0 Å². The molecule has 0 aliphatic heterocycles. The van der Waals surface area contributed by atoms with Crippen LogP contribution in [-0.2, 0) is 10.2 Å². The molecule has 1 aliphatic rings. The molecule has 1 saturated carbocycles. The van der Waals surface area contributed by atoms with Crippen molar-refractivity contribution in [1.82, 2.24) is 0 Å². The van der Waals surface area contributed by atoms with Crippen molar-refractivity contribution in [3.05, 3.63) is 29.8 Å². The molecule has 1 fully saturated rings. The first-order valence-electron chi connectivity index (χ1n) is 6.37. The molecule has 1 aromatic rings. The smallest absolute Gasteiger partial charge is 0.308 e. The van der Waals surface area contributed by atoms with E-state index < -0.39 is 5.60 Å². The molecule has 0 heterocycles. The van der Waals surface area contributed by atoms with E-state index >= 15 is 0 Å². The third kappa shape index (κ3) is 2.03. The van der Waals surface area contributed by atoms with Gasteiger partial charge >= 0.3 is 5.97 Å². The quantitative estimate of drug-likeness (QED) is 0.646. The predicted molar refractivity (Wildman–Crippen MR) is 69.6 cm³/mol. The number of para-hydroxylation sites is 1. The monoisotopic (exact) mass is 248 g/mol. The highest BCUT2D eigenvalue weighted by Crippen LogP contribution is 2.50. The molecule has 0 spiro atoms. The summed E-state index contributed by atoms with van der Waals surface area (Å²) in [5.41, 5.74) is -0.204. The highest BCUT2D eigenvalue weighted by molar-refractivity contribution is 5.70. The van der Waals surface area contributed by atoms with E-state index in [1.807, 2.05) is 32.0 Å². The van der Waals surface area contributed by atoms with Crippen molar-refractivity contribution < 1.29 is 14.6 Å². The fourth-order valence-electron chi connectivity index (χ4n) is 2.92. The summed E-state index contributed by atoms with van der Waals surface area (Å²) in [5, 5.41) is 10.6. The summed E-state index contributed by atoms with van der Waals surface area (Å²) in [6.07, 6.45) is 2.66. The Labute approximate surface area is 108 Å². The summed E-state index contributed by atoms with van der Waals surface area (Å²) < 4.78 is 5.27. The van der Waals surface area contributed by atoms with Crippen LogP contribution >= 0.6 is 0 Å². The lowest BCUT2D eigenvalue weighted by atomic mass is 9.71. The third-order valence-corrected chi connectivity index (χ3v) is 4.26. The summed E-state index contributed by atoms with van der Waals surface area (Å²) in [7, 11) is 0. The van der Waals surface area contributed by atoms with E-state index in [1.165, 1.54) is 6.92 Å². The van der Waals surface area contributed by atoms with E-state index in [4.69, 9.17) is 4.74 Å². The van der Waals surface area contributed by atoms with Crippen molar-refractivity contribution in [3.8, 4) is 5.75 Å². The van der Waals surface area contributed by atoms with Gasteiger partial charge in [0, 0.05) is 17.9 Å². The van der Waals surface area contributed by atoms with Crippen LogP contribution in [0.5, 0.6) is 5.75 Å². The molecule has 1 aromatic carbocycles. The summed E-state index contributed by atoms with van der Waals surface area (Å²) in [6, 6.07) is 7.49. The molecule has 1 aliphatic carbocycles. The molecule has 0 radical (unpaired) electrons. The van der Waals surface area contributed by atoms with Crippen molar-refractivity contribution in [2.75, 3.05) is 0 Å². The van der Waals surface area contributed by atoms with Crippen molar-refractivity contribution in [2.24, 2.45) is 0 Å². The summed E-state index contributed by atoms with van der Waals surface area (Å²) >= 11 is 0. The molecule has 0 unspecified atom stereocenters. The Bertz CT molecular complexity index is 465. The molecule has 2 rings (SSSR count). The maximum absolute atomic E-state index is 11.2. The number of hydrogen-bond acceptors (Lipinski definition) is 3. The maximum atomic E-state index is 11.2. The lowest BCUT2D eigenvalue weighted by molar-refractivity contribution is -0.132. The van der Waals surface area contributed by atoms with Crippen LogP contribution in [0, 0.1) is 0 Å². The molecule has 18 heavy (non-hydrogen) atoms. The first-order chi connectivity index (χ1) is 8.37. The number of rotatable bonds is 2. The van der Waals surface area contributed by atoms with E-state index in [0.717, 1.165) is 24.8 Å². The number of esters is 1. The van der Waals surface area contributed by atoms with Gasteiger partial charge in [0.1, 0.15) is 5.75 Å². The number of hydrogen-bond donors (Lipinski definition) is 1. The van der Waals surface area contributed by atoms with Crippen molar-refractivity contribution in [1.29, 1.82) is 0 Å². The Kier molecular flexibility index (Phi) is 3.20. The second-order valence-corrected chi connectivity index (χ2v) is 5.55. The standard InChI is InChI=1S/C15H20O3/c1-11(16)18-13-8-5-4-7-12(13)14(2)9-6-10-15(14,3)17/h4-5,7-8,17H,6,9-10H2,1-3H3/t14-,15-/m0/s1. The van der Waals surface area contributed by atoms with Crippen molar-refractivity contribution in [2.45, 2.75) is 51.0 Å². The van der Waals surface area contributed by atoms with Crippen LogP contribution in [0.15, 0.2) is 24.3 Å². The van der Waals surface area contributed by atoms with Gasteiger partial charge in [-0.1, -0.05) is 25.1 Å². The lowest BCUT2D eigenvalue weighted by Crippen LogP contribution is -2.42. The first-order valence-corrected chi connectivity index (χ1v) is 6.37. The number of aliphatic hydroxyl groups is 1. The van der Waals surface area contributed by atoms with Crippen LogP contribution in [0.2, 0.25) is 0 Å². The zero-order valence-corrected chi connectivity index (χ0v) is 11.2. The second-order valence-electron chi connectivity index (χ2n) is 5.55. The Hall–Kier alpha value is -1.35. The minimum absolute atomic E-state index is 0.330. The van der Waals surface area contributed by atoms with E-state index in [1.54, 1.807) is 6.07 Å². The number of benzene rings is 1. The van der Waals surface area contributed by atoms with Gasteiger partial charge in [0.2, 0.25) is 0 Å². The fraction of sp³-hybridized carbons (Fsp3) is 0.533. The first kappa shape index (κ1) is 13.1. The Morgan fingerprint density at radius 1 is 1.28 bits per heavy atom. The van der Waals surface area contributed by atoms with Gasteiger partial charge in [-0.25, -0.2) is 0 Å². The predicted octanol–water partition coefficient (Wildman–Crippen LogP) is 2.80. The average Bonchev–Trinajstić information content (AvgIpc) is 2.54. The van der Waals surface area contributed by atoms with Gasteiger partial charge in [0.15, 0.2) is 0 Å². The van der Waals surface area contributed by atoms with E-state index in [2.05, 4.69) is 0 Å². The van der Waals surface area contributed by atoms with Crippen LogP contribution in [0.25, 0.3) is 0 Å². The van der Waals surface area contributed by atoms with Gasteiger partial charge in [-0.2, -0.15) is 0 Å². The molecule has 2 atom stereocenters. The Balaban J connectivity index is 2.47. The zero-order chi connectivity index (χ0) is 13.4. The van der Waals surface area contributed by atoms with Crippen molar-refractivity contribution >= 4 is 5.97 Å². The molecule has 0 saturated heterocycles. The maximum Gasteiger partial charge on any atom is 0.308 e. The highest BCUT2D eigenvalue weighted by Gasteiger charge is 2.49. The molecule has 3 heteroatoms. The summed E-state index contributed by atoms with van der Waals surface area (Å²) in [5.74, 6) is 0.235. The van der Waals surface area contributed by atoms with Gasteiger partial charge < -0.3 is 9.84 Å². The van der Waals surface area contributed by atoms with E-state index in [-0.39, 0.29) is 11.4 Å².